The van der Waals surface area contributed by atoms with Gasteiger partial charge in [0.2, 0.25) is 5.71 Å². The predicted octanol–water partition coefficient (Wildman–Crippen LogP) is 4.77. The zero-order valence-electron chi connectivity index (χ0n) is 17.7. The summed E-state index contributed by atoms with van der Waals surface area (Å²) in [5.74, 6) is 0.740. The number of fused-ring (bicyclic) bond motifs is 1. The Balaban J connectivity index is 1.67. The van der Waals surface area contributed by atoms with Crippen LogP contribution < -0.4 is 5.69 Å². The molecule has 3 aromatic rings. The smallest absolute Gasteiger partial charge is 0.351 e. The molecule has 1 aromatic carbocycles. The van der Waals surface area contributed by atoms with Crippen LogP contribution in [0.1, 0.15) is 11.3 Å². The highest BCUT2D eigenvalue weighted by Gasteiger charge is 2.26. The molecule has 172 valence electrons. The number of allylic oxidation sites excluding steroid dienone is 2. The van der Waals surface area contributed by atoms with E-state index in [0.29, 0.717) is 11.8 Å². The van der Waals surface area contributed by atoms with Crippen molar-refractivity contribution in [2.24, 2.45) is 0 Å². The second-order valence-corrected chi connectivity index (χ2v) is 12.1. The molecule has 0 fully saturated rings. The van der Waals surface area contributed by atoms with Crippen LogP contribution in [0.4, 0.5) is 0 Å². The van der Waals surface area contributed by atoms with E-state index in [2.05, 4.69) is 4.98 Å². The average molecular weight is 498 g/mol. The molecule has 2 atom stereocenters. The SMILES string of the molecule is C[PH](=O)OP(=O)(C/C=C/Cn1cc2cc(CCc3ccccc3)oc2nc1=O)O[PH](C)=O. The monoisotopic (exact) mass is 498 g/mol. The number of furan rings is 1. The summed E-state index contributed by atoms with van der Waals surface area (Å²) in [7, 11) is -8.86. The van der Waals surface area contributed by atoms with Gasteiger partial charge in [-0.25, -0.2) is 4.79 Å². The first-order valence-electron chi connectivity index (χ1n) is 9.92. The summed E-state index contributed by atoms with van der Waals surface area (Å²) in [4.78, 5) is 16.3. The molecule has 0 aliphatic carbocycles. The largest absolute Gasteiger partial charge is 0.443 e. The van der Waals surface area contributed by atoms with Crippen molar-refractivity contribution in [3.63, 3.8) is 0 Å². The zero-order valence-corrected chi connectivity index (χ0v) is 20.6. The van der Waals surface area contributed by atoms with Gasteiger partial charge < -0.3 is 4.42 Å². The van der Waals surface area contributed by atoms with Gasteiger partial charge in [0.05, 0.1) is 11.5 Å². The molecular formula is C20H25N2O7P3. The minimum absolute atomic E-state index is 0.162. The Labute approximate surface area is 186 Å². The van der Waals surface area contributed by atoms with Gasteiger partial charge in [-0.1, -0.05) is 42.5 Å². The van der Waals surface area contributed by atoms with Gasteiger partial charge in [0, 0.05) is 32.5 Å². The Morgan fingerprint density at radius 3 is 2.44 bits per heavy atom. The molecule has 32 heavy (non-hydrogen) atoms. The number of nitrogens with zero attached hydrogens (tertiary/aromatic N) is 2. The molecule has 0 saturated carbocycles. The quantitative estimate of drug-likeness (QED) is 0.274. The third-order valence-corrected chi connectivity index (χ3v) is 9.31. The van der Waals surface area contributed by atoms with Crippen molar-refractivity contribution in [2.45, 2.75) is 19.4 Å². The van der Waals surface area contributed by atoms with E-state index in [0.717, 1.165) is 12.2 Å². The molecule has 0 aliphatic rings. The summed E-state index contributed by atoms with van der Waals surface area (Å²) < 4.78 is 52.1. The Hall–Kier alpha value is -2.01. The van der Waals surface area contributed by atoms with E-state index < -0.39 is 29.3 Å². The van der Waals surface area contributed by atoms with Gasteiger partial charge in [0.25, 0.3) is 0 Å². The molecule has 0 bridgehead atoms. The van der Waals surface area contributed by atoms with Crippen molar-refractivity contribution >= 4 is 34.8 Å². The highest BCUT2D eigenvalue weighted by molar-refractivity contribution is 7.66. The zero-order chi connectivity index (χ0) is 23.1. The van der Waals surface area contributed by atoms with Gasteiger partial charge in [-0.05, 0) is 18.1 Å². The fraction of sp³-hybridized carbons (Fsp3) is 0.300. The van der Waals surface area contributed by atoms with Crippen LogP contribution in [-0.2, 0) is 41.7 Å². The number of rotatable bonds is 11. The van der Waals surface area contributed by atoms with E-state index in [1.54, 1.807) is 12.3 Å². The van der Waals surface area contributed by atoms with Gasteiger partial charge in [-0.2, -0.15) is 4.98 Å². The summed E-state index contributed by atoms with van der Waals surface area (Å²) in [6.45, 7) is 2.71. The molecule has 0 spiro atoms. The van der Waals surface area contributed by atoms with Gasteiger partial charge in [0.1, 0.15) is 5.76 Å². The molecule has 0 amide bonds. The highest BCUT2D eigenvalue weighted by Crippen LogP contribution is 2.59. The van der Waals surface area contributed by atoms with Crippen molar-refractivity contribution in [1.29, 1.82) is 0 Å². The van der Waals surface area contributed by atoms with E-state index in [1.807, 2.05) is 36.4 Å². The summed E-state index contributed by atoms with van der Waals surface area (Å²) in [5, 5.41) is 0.701. The highest BCUT2D eigenvalue weighted by atomic mass is 31.3. The van der Waals surface area contributed by atoms with Crippen molar-refractivity contribution in [2.75, 3.05) is 19.5 Å². The maximum atomic E-state index is 12.5. The number of benzene rings is 1. The van der Waals surface area contributed by atoms with Crippen molar-refractivity contribution in [3.05, 3.63) is 76.6 Å². The van der Waals surface area contributed by atoms with Crippen LogP contribution >= 0.6 is 23.7 Å². The molecule has 0 N–H and O–H groups in total. The second kappa shape index (κ2) is 11.2. The number of hydrogen-bond donors (Lipinski definition) is 0. The summed E-state index contributed by atoms with van der Waals surface area (Å²) in [6.07, 6.45) is 6.00. The molecule has 0 aliphatic heterocycles. The molecule has 0 saturated heterocycles. The summed E-state index contributed by atoms with van der Waals surface area (Å²) in [5.41, 5.74) is 0.988. The molecule has 12 heteroatoms. The van der Waals surface area contributed by atoms with Crippen LogP contribution in [0.3, 0.4) is 0 Å². The lowest BCUT2D eigenvalue weighted by Crippen LogP contribution is -2.21. The third kappa shape index (κ3) is 7.26. The number of aryl methyl sites for hydroxylation is 2. The second-order valence-electron chi connectivity index (χ2n) is 7.07. The van der Waals surface area contributed by atoms with Crippen LogP contribution in [-0.4, -0.2) is 29.0 Å². The minimum Gasteiger partial charge on any atom is -0.443 e. The fourth-order valence-corrected chi connectivity index (χ4v) is 7.67. The van der Waals surface area contributed by atoms with Crippen LogP contribution in [0.2, 0.25) is 0 Å². The number of aromatic nitrogens is 2. The molecular weight excluding hydrogens is 473 g/mol. The summed E-state index contributed by atoms with van der Waals surface area (Å²) >= 11 is 0. The van der Waals surface area contributed by atoms with Gasteiger partial charge in [-0.15, -0.1) is 0 Å². The lowest BCUT2D eigenvalue weighted by atomic mass is 10.1. The van der Waals surface area contributed by atoms with Crippen LogP contribution in [0, 0.1) is 0 Å². The van der Waals surface area contributed by atoms with Crippen LogP contribution in [0.15, 0.2) is 64.0 Å². The minimum atomic E-state index is -3.77. The van der Waals surface area contributed by atoms with Crippen LogP contribution in [0.25, 0.3) is 11.1 Å². The van der Waals surface area contributed by atoms with E-state index in [4.69, 9.17) is 13.0 Å². The van der Waals surface area contributed by atoms with Gasteiger partial charge in [-0.3, -0.25) is 26.9 Å². The van der Waals surface area contributed by atoms with Gasteiger partial charge >= 0.3 is 13.3 Å². The van der Waals surface area contributed by atoms with E-state index >= 15 is 0 Å². The van der Waals surface area contributed by atoms with Crippen molar-refractivity contribution in [1.82, 2.24) is 9.55 Å². The lowest BCUT2D eigenvalue weighted by Gasteiger charge is -2.13. The first-order valence-corrected chi connectivity index (χ1v) is 15.3. The Bertz CT molecular complexity index is 1230. The first-order chi connectivity index (χ1) is 15.2. The predicted molar refractivity (Wildman–Crippen MR) is 126 cm³/mol. The van der Waals surface area contributed by atoms with Crippen molar-refractivity contribution in [3.8, 4) is 0 Å². The lowest BCUT2D eigenvalue weighted by molar-refractivity contribution is 0.397. The standard InChI is InChI=1S/C20H25N2O7P3/c1-30(24)28-32(26,29-31(2)25)13-7-6-12-22-15-17-14-18(27-19(17)21-20(22)23)11-10-16-8-4-3-5-9-16/h3-9,14-15,30-31H,10-13H2,1-2H3/b7-6+. The van der Waals surface area contributed by atoms with E-state index in [9.17, 15) is 18.5 Å². The Morgan fingerprint density at radius 2 is 1.78 bits per heavy atom. The molecule has 2 heterocycles. The fourth-order valence-electron chi connectivity index (χ4n) is 3.04. The normalized spacial score (nSPS) is 15.7. The number of hydrogen-bond acceptors (Lipinski definition) is 8. The van der Waals surface area contributed by atoms with Crippen LogP contribution in [0.5, 0.6) is 0 Å². The molecule has 2 unspecified atom stereocenters. The maximum Gasteiger partial charge on any atom is 0.351 e. The molecule has 3 rings (SSSR count). The topological polar surface area (TPSA) is 118 Å². The Kier molecular flexibility index (Phi) is 8.64. The Morgan fingerprint density at radius 1 is 1.09 bits per heavy atom. The van der Waals surface area contributed by atoms with E-state index in [-0.39, 0.29) is 18.4 Å². The van der Waals surface area contributed by atoms with Gasteiger partial charge in [0.15, 0.2) is 16.1 Å². The molecule has 0 radical (unpaired) electrons. The summed E-state index contributed by atoms with van der Waals surface area (Å²) in [6, 6.07) is 11.9. The third-order valence-electron chi connectivity index (χ3n) is 4.36. The maximum absolute atomic E-state index is 12.5. The molecule has 9 nitrogen and oxygen atoms in total. The average Bonchev–Trinajstić information content (AvgIpc) is 3.10. The first kappa shape index (κ1) is 24.6. The van der Waals surface area contributed by atoms with E-state index in [1.165, 1.54) is 29.5 Å². The molecule has 2 aromatic heterocycles. The van der Waals surface area contributed by atoms with Crippen molar-refractivity contribution < 1.29 is 26.7 Å².